The fourth-order valence-corrected chi connectivity index (χ4v) is 1.21. The molecule has 0 aromatic heterocycles. The Kier molecular flexibility index (Phi) is 4.87. The Morgan fingerprint density at radius 1 is 1.50 bits per heavy atom. The molecule has 0 rings (SSSR count). The summed E-state index contributed by atoms with van der Waals surface area (Å²) in [6, 6.07) is 1.90. The van der Waals surface area contributed by atoms with Gasteiger partial charge in [-0.2, -0.15) is 5.26 Å². The van der Waals surface area contributed by atoms with Gasteiger partial charge in [0.05, 0.1) is 18.7 Å². The molecule has 12 heavy (non-hydrogen) atoms. The topological polar surface area (TPSA) is 56.0 Å². The zero-order chi connectivity index (χ0) is 9.61. The van der Waals surface area contributed by atoms with Gasteiger partial charge in [0.25, 0.3) is 0 Å². The fraction of sp³-hybridized carbons (Fsp3) is 0.889. The number of nitrogens with one attached hydrogen (secondary N) is 1. The number of nitriles is 1. The second kappa shape index (κ2) is 5.13. The summed E-state index contributed by atoms with van der Waals surface area (Å²) in [5.41, 5.74) is -0.269. The summed E-state index contributed by atoms with van der Waals surface area (Å²) in [4.78, 5) is 0. The third kappa shape index (κ3) is 2.80. The van der Waals surface area contributed by atoms with Crippen molar-refractivity contribution in [2.45, 2.75) is 45.2 Å². The number of nitrogens with zero attached hydrogens (tertiary/aromatic N) is 1. The van der Waals surface area contributed by atoms with Crippen molar-refractivity contribution in [2.75, 3.05) is 6.61 Å². The molecule has 0 aliphatic heterocycles. The van der Waals surface area contributed by atoms with E-state index in [2.05, 4.69) is 11.4 Å². The largest absolute Gasteiger partial charge is 0.394 e. The number of rotatable bonds is 5. The lowest BCUT2D eigenvalue weighted by Gasteiger charge is -2.32. The molecule has 0 saturated carbocycles. The van der Waals surface area contributed by atoms with Gasteiger partial charge in [0.2, 0.25) is 0 Å². The molecule has 2 N–H and O–H groups in total. The number of hydrogen-bond donors (Lipinski definition) is 2. The van der Waals surface area contributed by atoms with E-state index in [1.54, 1.807) is 6.92 Å². The second-order valence-electron chi connectivity index (χ2n) is 3.14. The van der Waals surface area contributed by atoms with Crippen LogP contribution in [-0.2, 0) is 0 Å². The van der Waals surface area contributed by atoms with Gasteiger partial charge >= 0.3 is 0 Å². The average molecular weight is 170 g/mol. The van der Waals surface area contributed by atoms with Crippen molar-refractivity contribution >= 4 is 0 Å². The maximum atomic E-state index is 9.15. The van der Waals surface area contributed by atoms with E-state index in [4.69, 9.17) is 10.4 Å². The minimum atomic E-state index is -0.269. The predicted octanol–water partition coefficient (Wildman–Crippen LogP) is 1.04. The maximum Gasteiger partial charge on any atom is 0.0929 e. The molecule has 0 heterocycles. The first kappa shape index (κ1) is 11.4. The van der Waals surface area contributed by atoms with Crippen LogP contribution in [0.4, 0.5) is 0 Å². The van der Waals surface area contributed by atoms with E-state index < -0.39 is 0 Å². The molecule has 0 saturated heterocycles. The summed E-state index contributed by atoms with van der Waals surface area (Å²) >= 11 is 0. The Balaban J connectivity index is 4.22. The smallest absolute Gasteiger partial charge is 0.0929 e. The highest BCUT2D eigenvalue weighted by molar-refractivity contribution is 4.94. The Morgan fingerprint density at radius 2 is 2.00 bits per heavy atom. The standard InChI is InChI=1S/C9H18N2O/c1-4-9(5-2,7-12)11-8(3)6-10/h8,11-12H,4-5,7H2,1-3H3. The molecule has 0 amide bonds. The van der Waals surface area contributed by atoms with Gasteiger partial charge in [-0.15, -0.1) is 0 Å². The molecule has 0 spiro atoms. The van der Waals surface area contributed by atoms with Crippen molar-refractivity contribution in [2.24, 2.45) is 0 Å². The average Bonchev–Trinajstić information content (AvgIpc) is 2.14. The molecule has 70 valence electrons. The van der Waals surface area contributed by atoms with Gasteiger partial charge in [0.1, 0.15) is 0 Å². The summed E-state index contributed by atoms with van der Waals surface area (Å²) in [5.74, 6) is 0. The van der Waals surface area contributed by atoms with Crippen LogP contribution in [0.25, 0.3) is 0 Å². The van der Waals surface area contributed by atoms with Crippen molar-refractivity contribution in [1.29, 1.82) is 5.26 Å². The third-order valence-electron chi connectivity index (χ3n) is 2.37. The van der Waals surface area contributed by atoms with Gasteiger partial charge in [0, 0.05) is 5.54 Å². The van der Waals surface area contributed by atoms with E-state index in [0.717, 1.165) is 12.8 Å². The van der Waals surface area contributed by atoms with E-state index in [0.29, 0.717) is 0 Å². The Hall–Kier alpha value is -0.590. The first-order chi connectivity index (χ1) is 5.64. The normalized spacial score (nSPS) is 13.9. The van der Waals surface area contributed by atoms with Crippen LogP contribution in [-0.4, -0.2) is 23.3 Å². The molecule has 0 aliphatic carbocycles. The number of aliphatic hydroxyl groups is 1. The van der Waals surface area contributed by atoms with Gasteiger partial charge in [-0.3, -0.25) is 5.32 Å². The lowest BCUT2D eigenvalue weighted by molar-refractivity contribution is 0.146. The molecular formula is C9H18N2O. The Morgan fingerprint density at radius 3 is 2.25 bits per heavy atom. The third-order valence-corrected chi connectivity index (χ3v) is 2.37. The highest BCUT2D eigenvalue weighted by Crippen LogP contribution is 2.14. The summed E-state index contributed by atoms with van der Waals surface area (Å²) in [6.45, 7) is 5.91. The molecule has 1 unspecified atom stereocenters. The van der Waals surface area contributed by atoms with Crippen LogP contribution in [0.3, 0.4) is 0 Å². The van der Waals surface area contributed by atoms with Crippen LogP contribution in [0.1, 0.15) is 33.6 Å². The van der Waals surface area contributed by atoms with Crippen LogP contribution in [0.15, 0.2) is 0 Å². The fourth-order valence-electron chi connectivity index (χ4n) is 1.21. The summed E-state index contributed by atoms with van der Waals surface area (Å²) in [6.07, 6.45) is 1.68. The quantitative estimate of drug-likeness (QED) is 0.648. The SMILES string of the molecule is CCC(CC)(CO)NC(C)C#N. The van der Waals surface area contributed by atoms with Gasteiger partial charge in [0.15, 0.2) is 0 Å². The molecular weight excluding hydrogens is 152 g/mol. The van der Waals surface area contributed by atoms with Gasteiger partial charge in [-0.25, -0.2) is 0 Å². The zero-order valence-corrected chi connectivity index (χ0v) is 8.09. The molecule has 0 aromatic rings. The molecule has 0 aromatic carbocycles. The van der Waals surface area contributed by atoms with Crippen LogP contribution in [0.2, 0.25) is 0 Å². The molecule has 0 aliphatic rings. The van der Waals surface area contributed by atoms with Crippen molar-refractivity contribution in [3.05, 3.63) is 0 Å². The Bertz CT molecular complexity index is 150. The van der Waals surface area contributed by atoms with Crippen molar-refractivity contribution in [3.63, 3.8) is 0 Å². The van der Waals surface area contributed by atoms with Crippen LogP contribution < -0.4 is 5.32 Å². The second-order valence-corrected chi connectivity index (χ2v) is 3.14. The Labute approximate surface area is 74.4 Å². The number of aliphatic hydroxyl groups excluding tert-OH is 1. The molecule has 0 bridgehead atoms. The van der Waals surface area contributed by atoms with E-state index in [1.165, 1.54) is 0 Å². The summed E-state index contributed by atoms with van der Waals surface area (Å²) in [5, 5.41) is 20.9. The van der Waals surface area contributed by atoms with E-state index in [9.17, 15) is 0 Å². The van der Waals surface area contributed by atoms with Gasteiger partial charge in [-0.05, 0) is 19.8 Å². The molecule has 0 radical (unpaired) electrons. The van der Waals surface area contributed by atoms with E-state index in [1.807, 2.05) is 13.8 Å². The zero-order valence-electron chi connectivity index (χ0n) is 8.09. The van der Waals surface area contributed by atoms with Gasteiger partial charge in [-0.1, -0.05) is 13.8 Å². The van der Waals surface area contributed by atoms with E-state index in [-0.39, 0.29) is 18.2 Å². The number of hydrogen-bond acceptors (Lipinski definition) is 3. The molecule has 1 atom stereocenters. The summed E-state index contributed by atoms with van der Waals surface area (Å²) < 4.78 is 0. The lowest BCUT2D eigenvalue weighted by Crippen LogP contribution is -2.51. The highest BCUT2D eigenvalue weighted by atomic mass is 16.3. The predicted molar refractivity (Wildman–Crippen MR) is 48.6 cm³/mol. The first-order valence-electron chi connectivity index (χ1n) is 4.42. The first-order valence-corrected chi connectivity index (χ1v) is 4.42. The lowest BCUT2D eigenvalue weighted by atomic mass is 9.93. The highest BCUT2D eigenvalue weighted by Gasteiger charge is 2.26. The molecule has 3 heteroatoms. The molecule has 0 fully saturated rings. The minimum Gasteiger partial charge on any atom is -0.394 e. The van der Waals surface area contributed by atoms with Crippen LogP contribution in [0, 0.1) is 11.3 Å². The van der Waals surface area contributed by atoms with Crippen LogP contribution in [0.5, 0.6) is 0 Å². The summed E-state index contributed by atoms with van der Waals surface area (Å²) in [7, 11) is 0. The molecule has 3 nitrogen and oxygen atoms in total. The van der Waals surface area contributed by atoms with Crippen molar-refractivity contribution in [3.8, 4) is 6.07 Å². The van der Waals surface area contributed by atoms with E-state index >= 15 is 0 Å². The van der Waals surface area contributed by atoms with Gasteiger partial charge < -0.3 is 5.11 Å². The minimum absolute atomic E-state index is 0.0893. The van der Waals surface area contributed by atoms with Crippen molar-refractivity contribution < 1.29 is 5.11 Å². The van der Waals surface area contributed by atoms with Crippen molar-refractivity contribution in [1.82, 2.24) is 5.32 Å². The van der Waals surface area contributed by atoms with Crippen LogP contribution >= 0.6 is 0 Å². The maximum absolute atomic E-state index is 9.15. The monoisotopic (exact) mass is 170 g/mol.